The van der Waals surface area contributed by atoms with Gasteiger partial charge in [0.1, 0.15) is 0 Å². The van der Waals surface area contributed by atoms with Crippen molar-refractivity contribution in [2.24, 2.45) is 5.73 Å². The largest absolute Gasteiger partial charge is 0.328 e. The third-order valence-electron chi connectivity index (χ3n) is 0.178. The lowest BCUT2D eigenvalue weighted by molar-refractivity contribution is -0.0157. The molecule has 0 rings (SSSR count). The maximum Gasteiger partial charge on any atom is 0.328 e. The summed E-state index contributed by atoms with van der Waals surface area (Å²) in [5.41, 5.74) is 3.83. The second kappa shape index (κ2) is 3.10. The molecular formula is C2H5ClF3N. The maximum absolute atomic E-state index is 10.9. The van der Waals surface area contributed by atoms with E-state index in [9.17, 15) is 13.2 Å². The third-order valence-corrected chi connectivity index (χ3v) is 0.178. The van der Waals surface area contributed by atoms with Crippen LogP contribution in [0.25, 0.3) is 0 Å². The summed E-state index contributed by atoms with van der Waals surface area (Å²) in [4.78, 5) is 0. The predicted molar refractivity (Wildman–Crippen MR) is 22.4 cm³/mol. The number of rotatable bonds is 1. The molecule has 0 radical (unpaired) electrons. The molecule has 0 unspecified atom stereocenters. The van der Waals surface area contributed by atoms with Crippen molar-refractivity contribution < 1.29 is 13.2 Å². The SMILES string of the molecule is Cl.NC(F)(F)CF. The first-order valence-corrected chi connectivity index (χ1v) is 1.29. The monoisotopic (exact) mass is 135 g/mol. The van der Waals surface area contributed by atoms with Gasteiger partial charge in [0.05, 0.1) is 0 Å². The Kier molecular flexibility index (Phi) is 4.47. The molecule has 2 N–H and O–H groups in total. The zero-order valence-corrected chi connectivity index (χ0v) is 4.14. The zero-order valence-electron chi connectivity index (χ0n) is 3.33. The summed E-state index contributed by atoms with van der Waals surface area (Å²) in [7, 11) is 0. The van der Waals surface area contributed by atoms with Crippen LogP contribution in [0.4, 0.5) is 13.2 Å². The molecule has 0 saturated carbocycles. The molecule has 0 spiro atoms. The van der Waals surface area contributed by atoms with Crippen LogP contribution < -0.4 is 5.73 Å². The first kappa shape index (κ1) is 10.1. The van der Waals surface area contributed by atoms with E-state index in [-0.39, 0.29) is 12.4 Å². The Labute approximate surface area is 45.1 Å². The van der Waals surface area contributed by atoms with Crippen LogP contribution in [0.5, 0.6) is 0 Å². The van der Waals surface area contributed by atoms with Gasteiger partial charge >= 0.3 is 6.05 Å². The van der Waals surface area contributed by atoms with E-state index in [1.165, 1.54) is 0 Å². The molecule has 0 bridgehead atoms. The highest BCUT2D eigenvalue weighted by atomic mass is 35.5. The van der Waals surface area contributed by atoms with Gasteiger partial charge in [-0.05, 0) is 0 Å². The van der Waals surface area contributed by atoms with Crippen LogP contribution in [0.15, 0.2) is 0 Å². The minimum atomic E-state index is -3.62. The van der Waals surface area contributed by atoms with Crippen LogP contribution in [0.1, 0.15) is 0 Å². The number of hydrogen-bond donors (Lipinski definition) is 1. The minimum absolute atomic E-state index is 0. The third kappa shape index (κ3) is 10.7. The van der Waals surface area contributed by atoms with Gasteiger partial charge in [-0.25, -0.2) is 4.39 Å². The number of halogens is 4. The van der Waals surface area contributed by atoms with E-state index in [0.717, 1.165) is 0 Å². The molecule has 0 aliphatic rings. The van der Waals surface area contributed by atoms with Gasteiger partial charge in [-0.2, -0.15) is 8.78 Å². The highest BCUT2D eigenvalue weighted by Crippen LogP contribution is 2.01. The molecule has 0 aliphatic carbocycles. The molecule has 7 heavy (non-hydrogen) atoms. The average Bonchev–Trinajstić information content (AvgIpc) is 1.35. The van der Waals surface area contributed by atoms with E-state index < -0.39 is 12.7 Å². The van der Waals surface area contributed by atoms with Gasteiger partial charge < -0.3 is 0 Å². The average molecular weight is 136 g/mol. The molecule has 0 aliphatic heterocycles. The Hall–Kier alpha value is 0.0400. The lowest BCUT2D eigenvalue weighted by Gasteiger charge is -1.99. The van der Waals surface area contributed by atoms with Crippen molar-refractivity contribution in [2.45, 2.75) is 6.05 Å². The normalized spacial score (nSPS) is 10.3. The summed E-state index contributed by atoms with van der Waals surface area (Å²) in [6.45, 7) is -1.78. The highest BCUT2D eigenvalue weighted by molar-refractivity contribution is 5.85. The molecule has 0 heterocycles. The van der Waals surface area contributed by atoms with Crippen LogP contribution in [-0.4, -0.2) is 12.7 Å². The standard InChI is InChI=1S/C2H4F3N.ClH/c3-1-2(4,5)6;/h1,6H2;1H. The van der Waals surface area contributed by atoms with Gasteiger partial charge in [0, 0.05) is 0 Å². The Morgan fingerprint density at radius 1 is 1.43 bits per heavy atom. The molecule has 5 heteroatoms. The summed E-state index contributed by atoms with van der Waals surface area (Å²) in [6, 6.07) is -3.62. The minimum Gasteiger partial charge on any atom is -0.270 e. The fraction of sp³-hybridized carbons (Fsp3) is 1.00. The van der Waals surface area contributed by atoms with Crippen LogP contribution in [0.2, 0.25) is 0 Å². The van der Waals surface area contributed by atoms with E-state index in [4.69, 9.17) is 0 Å². The van der Waals surface area contributed by atoms with E-state index >= 15 is 0 Å². The van der Waals surface area contributed by atoms with Crippen molar-refractivity contribution in [3.05, 3.63) is 0 Å². The number of hydrogen-bond acceptors (Lipinski definition) is 1. The summed E-state index contributed by atoms with van der Waals surface area (Å²) in [5, 5.41) is 0. The van der Waals surface area contributed by atoms with E-state index in [1.807, 2.05) is 0 Å². The molecule has 0 aromatic rings. The van der Waals surface area contributed by atoms with Gasteiger partial charge in [-0.1, -0.05) is 0 Å². The van der Waals surface area contributed by atoms with Crippen molar-refractivity contribution in [3.8, 4) is 0 Å². The quantitative estimate of drug-likeness (QED) is 0.532. The van der Waals surface area contributed by atoms with Gasteiger partial charge in [0.15, 0.2) is 6.67 Å². The van der Waals surface area contributed by atoms with Crippen LogP contribution in [-0.2, 0) is 0 Å². The predicted octanol–water partition coefficient (Wildman–Crippen LogP) is 0.929. The molecule has 0 aromatic carbocycles. The Balaban J connectivity index is 0. The molecule has 46 valence electrons. The van der Waals surface area contributed by atoms with E-state index in [1.54, 1.807) is 0 Å². The van der Waals surface area contributed by atoms with Crippen molar-refractivity contribution >= 4 is 12.4 Å². The highest BCUT2D eigenvalue weighted by Gasteiger charge is 2.20. The molecule has 0 aromatic heterocycles. The van der Waals surface area contributed by atoms with Crippen LogP contribution in [0.3, 0.4) is 0 Å². The second-order valence-electron chi connectivity index (χ2n) is 0.895. The van der Waals surface area contributed by atoms with Crippen molar-refractivity contribution in [2.75, 3.05) is 6.67 Å². The Bertz CT molecular complexity index is 42.7. The maximum atomic E-state index is 10.9. The number of alkyl halides is 3. The number of nitrogens with two attached hydrogens (primary N) is 1. The lowest BCUT2D eigenvalue weighted by Crippen LogP contribution is -2.30. The summed E-state index contributed by atoms with van der Waals surface area (Å²) in [6.07, 6.45) is 0. The second-order valence-corrected chi connectivity index (χ2v) is 0.895. The Morgan fingerprint density at radius 3 is 1.57 bits per heavy atom. The first-order chi connectivity index (χ1) is 2.56. The van der Waals surface area contributed by atoms with Gasteiger partial charge in [0.2, 0.25) is 0 Å². The van der Waals surface area contributed by atoms with Gasteiger partial charge in [-0.3, -0.25) is 5.73 Å². The lowest BCUT2D eigenvalue weighted by atomic mass is 10.7. The van der Waals surface area contributed by atoms with Crippen molar-refractivity contribution in [3.63, 3.8) is 0 Å². The van der Waals surface area contributed by atoms with E-state index in [0.29, 0.717) is 0 Å². The summed E-state index contributed by atoms with van der Waals surface area (Å²) < 4.78 is 32.3. The van der Waals surface area contributed by atoms with Crippen LogP contribution in [0, 0.1) is 0 Å². The van der Waals surface area contributed by atoms with Gasteiger partial charge in [0.25, 0.3) is 0 Å². The molecule has 0 saturated heterocycles. The molecule has 0 fully saturated rings. The Morgan fingerprint density at radius 2 is 1.57 bits per heavy atom. The van der Waals surface area contributed by atoms with Crippen molar-refractivity contribution in [1.29, 1.82) is 0 Å². The first-order valence-electron chi connectivity index (χ1n) is 1.29. The molecular weight excluding hydrogens is 130 g/mol. The smallest absolute Gasteiger partial charge is 0.270 e. The molecule has 0 atom stereocenters. The molecule has 1 nitrogen and oxygen atoms in total. The zero-order chi connectivity index (χ0) is 5.21. The fourth-order valence-electron chi connectivity index (χ4n) is 0. The topological polar surface area (TPSA) is 26.0 Å². The fourth-order valence-corrected chi connectivity index (χ4v) is 0. The van der Waals surface area contributed by atoms with E-state index in [2.05, 4.69) is 5.73 Å². The van der Waals surface area contributed by atoms with Gasteiger partial charge in [-0.15, -0.1) is 12.4 Å². The van der Waals surface area contributed by atoms with Crippen molar-refractivity contribution in [1.82, 2.24) is 0 Å². The van der Waals surface area contributed by atoms with Crippen LogP contribution >= 0.6 is 12.4 Å². The summed E-state index contributed by atoms with van der Waals surface area (Å²) >= 11 is 0. The summed E-state index contributed by atoms with van der Waals surface area (Å²) in [5.74, 6) is 0. The molecule has 0 amide bonds.